The Labute approximate surface area is 165 Å². The fourth-order valence-corrected chi connectivity index (χ4v) is 3.35. The summed E-state index contributed by atoms with van der Waals surface area (Å²) in [5.74, 6) is -0.815. The molecule has 0 heterocycles. The Bertz CT molecular complexity index is 885. The molecule has 3 N–H and O–H groups in total. The van der Waals surface area contributed by atoms with Gasteiger partial charge in [-0.2, -0.15) is 0 Å². The second kappa shape index (κ2) is 8.53. The molecule has 0 aliphatic heterocycles. The minimum atomic E-state index is -0.951. The van der Waals surface area contributed by atoms with Crippen LogP contribution in [0.4, 0.5) is 0 Å². The first kappa shape index (κ1) is 19.4. The third-order valence-electron chi connectivity index (χ3n) is 5.09. The molecule has 3 aromatic carbocycles. The van der Waals surface area contributed by atoms with E-state index in [1.807, 2.05) is 97.9 Å². The minimum Gasteiger partial charge on any atom is -0.368 e. The molecule has 2 amide bonds. The van der Waals surface area contributed by atoms with Crippen molar-refractivity contribution in [1.82, 2.24) is 5.32 Å². The van der Waals surface area contributed by atoms with Crippen molar-refractivity contribution in [3.05, 3.63) is 108 Å². The van der Waals surface area contributed by atoms with E-state index in [2.05, 4.69) is 5.32 Å². The fourth-order valence-electron chi connectivity index (χ4n) is 3.35. The Morgan fingerprint density at radius 1 is 0.821 bits per heavy atom. The summed E-state index contributed by atoms with van der Waals surface area (Å²) in [6.45, 7) is 1.87. The quantitative estimate of drug-likeness (QED) is 0.668. The lowest BCUT2D eigenvalue weighted by Crippen LogP contribution is -2.52. The van der Waals surface area contributed by atoms with Gasteiger partial charge in [0, 0.05) is 6.42 Å². The second-order valence-electron chi connectivity index (χ2n) is 6.98. The fraction of sp³-hybridized carbons (Fsp3) is 0.167. The zero-order chi connectivity index (χ0) is 20.0. The van der Waals surface area contributed by atoms with Crippen molar-refractivity contribution < 1.29 is 9.59 Å². The number of rotatable bonds is 7. The van der Waals surface area contributed by atoms with Crippen LogP contribution in [0.1, 0.15) is 23.6 Å². The number of amides is 2. The molecule has 0 aliphatic carbocycles. The van der Waals surface area contributed by atoms with Crippen molar-refractivity contribution >= 4 is 11.8 Å². The maximum Gasteiger partial charge on any atom is 0.240 e. The summed E-state index contributed by atoms with van der Waals surface area (Å²) < 4.78 is 0. The molecule has 0 spiro atoms. The number of carbonyl (C=O) groups excluding carboxylic acids is 2. The summed E-state index contributed by atoms with van der Waals surface area (Å²) in [7, 11) is 0. The van der Waals surface area contributed by atoms with Crippen molar-refractivity contribution in [2.45, 2.75) is 24.8 Å². The molecule has 0 bridgehead atoms. The molecule has 0 aromatic heterocycles. The first-order chi connectivity index (χ1) is 13.5. The molecule has 4 nitrogen and oxygen atoms in total. The van der Waals surface area contributed by atoms with Gasteiger partial charge in [-0.1, -0.05) is 91.0 Å². The van der Waals surface area contributed by atoms with Gasteiger partial charge in [0.25, 0.3) is 0 Å². The van der Waals surface area contributed by atoms with Gasteiger partial charge in [0.15, 0.2) is 0 Å². The van der Waals surface area contributed by atoms with E-state index in [9.17, 15) is 9.59 Å². The summed E-state index contributed by atoms with van der Waals surface area (Å²) in [6, 6.07) is 27.8. The molecule has 3 rings (SSSR count). The number of primary amides is 1. The van der Waals surface area contributed by atoms with Crippen LogP contribution in [0.25, 0.3) is 0 Å². The van der Waals surface area contributed by atoms with Gasteiger partial charge in [-0.3, -0.25) is 9.59 Å². The van der Waals surface area contributed by atoms with E-state index in [4.69, 9.17) is 5.73 Å². The van der Waals surface area contributed by atoms with Crippen LogP contribution in [0.2, 0.25) is 0 Å². The first-order valence-electron chi connectivity index (χ1n) is 9.27. The standard InChI is InChI=1S/C24H24N2O2/c1-24(19-13-7-3-8-14-19,20-15-9-4-10-16-20)23(28)26-21(22(25)27)17-18-11-5-2-6-12-18/h2-16,21H,17H2,1H3,(H2,25,27)(H,26,28)/t21-/m1/s1. The van der Waals surface area contributed by atoms with Gasteiger partial charge >= 0.3 is 0 Å². The number of carbonyl (C=O) groups is 2. The predicted octanol–water partition coefficient (Wildman–Crippen LogP) is 3.21. The van der Waals surface area contributed by atoms with Gasteiger partial charge < -0.3 is 11.1 Å². The highest BCUT2D eigenvalue weighted by Crippen LogP contribution is 2.32. The van der Waals surface area contributed by atoms with E-state index in [1.54, 1.807) is 0 Å². The van der Waals surface area contributed by atoms with Crippen LogP contribution in [0.3, 0.4) is 0 Å². The van der Waals surface area contributed by atoms with Crippen LogP contribution < -0.4 is 11.1 Å². The Hall–Kier alpha value is -3.40. The molecule has 0 aliphatic rings. The molecule has 142 valence electrons. The van der Waals surface area contributed by atoms with Gasteiger partial charge in [0.2, 0.25) is 11.8 Å². The van der Waals surface area contributed by atoms with E-state index >= 15 is 0 Å². The molecule has 0 radical (unpaired) electrons. The van der Waals surface area contributed by atoms with Crippen molar-refractivity contribution in [2.75, 3.05) is 0 Å². The molecule has 3 aromatic rings. The average molecular weight is 372 g/mol. The molecule has 0 fully saturated rings. The Morgan fingerprint density at radius 3 is 1.68 bits per heavy atom. The third kappa shape index (κ3) is 4.12. The van der Waals surface area contributed by atoms with Crippen molar-refractivity contribution in [1.29, 1.82) is 0 Å². The predicted molar refractivity (Wildman–Crippen MR) is 111 cm³/mol. The van der Waals surface area contributed by atoms with Crippen LogP contribution in [0.5, 0.6) is 0 Å². The van der Waals surface area contributed by atoms with Gasteiger partial charge in [-0.25, -0.2) is 0 Å². The number of nitrogens with two attached hydrogens (primary N) is 1. The maximum absolute atomic E-state index is 13.5. The van der Waals surface area contributed by atoms with Gasteiger partial charge in [-0.15, -0.1) is 0 Å². The summed E-state index contributed by atoms with van der Waals surface area (Å²) in [5, 5.41) is 2.89. The number of hydrogen-bond donors (Lipinski definition) is 2. The molecule has 0 saturated carbocycles. The smallest absolute Gasteiger partial charge is 0.240 e. The highest BCUT2D eigenvalue weighted by Gasteiger charge is 2.38. The van der Waals surface area contributed by atoms with Crippen molar-refractivity contribution in [2.24, 2.45) is 5.73 Å². The SMILES string of the molecule is CC(C(=O)N[C@H](Cc1ccccc1)C(N)=O)(c1ccccc1)c1ccccc1. The van der Waals surface area contributed by atoms with E-state index in [1.165, 1.54) is 0 Å². The zero-order valence-corrected chi connectivity index (χ0v) is 15.8. The highest BCUT2D eigenvalue weighted by atomic mass is 16.2. The monoisotopic (exact) mass is 372 g/mol. The molecule has 4 heteroatoms. The Balaban J connectivity index is 1.94. The van der Waals surface area contributed by atoms with Gasteiger partial charge in [0.05, 0.1) is 5.41 Å². The Kier molecular flexibility index (Phi) is 5.90. The second-order valence-corrected chi connectivity index (χ2v) is 6.98. The van der Waals surface area contributed by atoms with Crippen LogP contribution in [0, 0.1) is 0 Å². The highest BCUT2D eigenvalue weighted by molar-refractivity contribution is 5.95. The molecular formula is C24H24N2O2. The molecule has 0 unspecified atom stereocenters. The van der Waals surface area contributed by atoms with E-state index in [-0.39, 0.29) is 5.91 Å². The summed E-state index contributed by atoms with van der Waals surface area (Å²) >= 11 is 0. The topological polar surface area (TPSA) is 72.2 Å². The largest absolute Gasteiger partial charge is 0.368 e. The van der Waals surface area contributed by atoms with Gasteiger partial charge in [0.1, 0.15) is 6.04 Å². The third-order valence-corrected chi connectivity index (χ3v) is 5.09. The summed E-state index contributed by atoms with van der Waals surface area (Å²) in [6.07, 6.45) is 0.349. The van der Waals surface area contributed by atoms with Crippen molar-refractivity contribution in [3.8, 4) is 0 Å². The molecular weight excluding hydrogens is 348 g/mol. The number of hydrogen-bond acceptors (Lipinski definition) is 2. The van der Waals surface area contributed by atoms with Crippen LogP contribution >= 0.6 is 0 Å². The van der Waals surface area contributed by atoms with E-state index in [0.717, 1.165) is 16.7 Å². The van der Waals surface area contributed by atoms with E-state index in [0.29, 0.717) is 6.42 Å². The minimum absolute atomic E-state index is 0.260. The van der Waals surface area contributed by atoms with Gasteiger partial charge in [-0.05, 0) is 23.6 Å². The lowest BCUT2D eigenvalue weighted by Gasteiger charge is -2.31. The zero-order valence-electron chi connectivity index (χ0n) is 15.8. The molecule has 28 heavy (non-hydrogen) atoms. The van der Waals surface area contributed by atoms with Crippen LogP contribution in [-0.2, 0) is 21.4 Å². The lowest BCUT2D eigenvalue weighted by molar-refractivity contribution is -0.129. The molecule has 1 atom stereocenters. The maximum atomic E-state index is 13.5. The Morgan fingerprint density at radius 2 is 1.25 bits per heavy atom. The first-order valence-corrected chi connectivity index (χ1v) is 9.27. The van der Waals surface area contributed by atoms with Crippen molar-refractivity contribution in [3.63, 3.8) is 0 Å². The van der Waals surface area contributed by atoms with Crippen LogP contribution in [0.15, 0.2) is 91.0 Å². The molecule has 0 saturated heterocycles. The number of nitrogens with one attached hydrogen (secondary N) is 1. The number of benzene rings is 3. The summed E-state index contributed by atoms with van der Waals surface area (Å²) in [5.41, 5.74) is 7.28. The summed E-state index contributed by atoms with van der Waals surface area (Å²) in [4.78, 5) is 25.5. The van der Waals surface area contributed by atoms with Crippen LogP contribution in [-0.4, -0.2) is 17.9 Å². The van der Waals surface area contributed by atoms with E-state index < -0.39 is 17.4 Å². The lowest BCUT2D eigenvalue weighted by atomic mass is 9.75. The average Bonchev–Trinajstić information content (AvgIpc) is 2.74. The normalized spacial score (nSPS) is 12.2.